The van der Waals surface area contributed by atoms with Gasteiger partial charge in [0.05, 0.1) is 5.41 Å². The first-order valence-electron chi connectivity index (χ1n) is 7.96. The summed E-state index contributed by atoms with van der Waals surface area (Å²) < 4.78 is 5.46. The molecule has 2 amide bonds. The second kappa shape index (κ2) is 6.84. The van der Waals surface area contributed by atoms with Gasteiger partial charge in [0.15, 0.2) is 0 Å². The number of rotatable bonds is 4. The van der Waals surface area contributed by atoms with E-state index in [1.54, 1.807) is 24.3 Å². The summed E-state index contributed by atoms with van der Waals surface area (Å²) in [6.07, 6.45) is 1.28. The van der Waals surface area contributed by atoms with Crippen molar-refractivity contribution in [3.8, 4) is 0 Å². The van der Waals surface area contributed by atoms with Crippen LogP contribution in [0.25, 0.3) is 0 Å². The number of carbonyl (C=O) groups is 2. The molecule has 3 N–H and O–H groups in total. The van der Waals surface area contributed by atoms with Gasteiger partial charge >= 0.3 is 0 Å². The maximum absolute atomic E-state index is 13.1. The Kier molecular flexibility index (Phi) is 4.62. The summed E-state index contributed by atoms with van der Waals surface area (Å²) in [6.45, 7) is 1.12. The van der Waals surface area contributed by atoms with E-state index in [1.807, 2.05) is 30.3 Å². The summed E-state index contributed by atoms with van der Waals surface area (Å²) in [7, 11) is 0. The summed E-state index contributed by atoms with van der Waals surface area (Å²) >= 11 is 0. The molecule has 24 heavy (non-hydrogen) atoms. The Morgan fingerprint density at radius 3 is 2.17 bits per heavy atom. The predicted molar refractivity (Wildman–Crippen MR) is 91.8 cm³/mol. The SMILES string of the molecule is NC(=O)c1ccc(NC(=O)C2(c3ccccc3)CCOCC2)cc1. The predicted octanol–water partition coefficient (Wildman–Crippen LogP) is 2.47. The van der Waals surface area contributed by atoms with Gasteiger partial charge in [0.2, 0.25) is 11.8 Å². The average Bonchev–Trinajstić information content (AvgIpc) is 2.63. The zero-order valence-corrected chi connectivity index (χ0v) is 13.3. The second-order valence-corrected chi connectivity index (χ2v) is 5.96. The van der Waals surface area contributed by atoms with Crippen molar-refractivity contribution in [2.45, 2.75) is 18.3 Å². The molecule has 5 heteroatoms. The van der Waals surface area contributed by atoms with Gasteiger partial charge in [-0.25, -0.2) is 0 Å². The number of ether oxygens (including phenoxy) is 1. The summed E-state index contributed by atoms with van der Waals surface area (Å²) in [5.41, 5.74) is 6.70. The van der Waals surface area contributed by atoms with E-state index in [9.17, 15) is 9.59 Å². The van der Waals surface area contributed by atoms with Crippen LogP contribution in [0.2, 0.25) is 0 Å². The number of hydrogen-bond acceptors (Lipinski definition) is 3. The van der Waals surface area contributed by atoms with Gasteiger partial charge in [0.25, 0.3) is 0 Å². The Morgan fingerprint density at radius 2 is 1.58 bits per heavy atom. The van der Waals surface area contributed by atoms with Crippen LogP contribution in [0, 0.1) is 0 Å². The first kappa shape index (κ1) is 16.2. The van der Waals surface area contributed by atoms with E-state index in [1.165, 1.54) is 0 Å². The number of nitrogens with two attached hydrogens (primary N) is 1. The molecule has 0 unspecified atom stereocenters. The topological polar surface area (TPSA) is 81.4 Å². The number of nitrogens with one attached hydrogen (secondary N) is 1. The van der Waals surface area contributed by atoms with Gasteiger partial charge in [-0.05, 0) is 42.7 Å². The molecule has 1 fully saturated rings. The molecule has 3 rings (SSSR count). The highest BCUT2D eigenvalue weighted by atomic mass is 16.5. The van der Waals surface area contributed by atoms with Crippen LogP contribution in [-0.4, -0.2) is 25.0 Å². The summed E-state index contributed by atoms with van der Waals surface area (Å²) in [4.78, 5) is 24.2. The Labute approximate surface area is 140 Å². The van der Waals surface area contributed by atoms with Crippen molar-refractivity contribution < 1.29 is 14.3 Å². The van der Waals surface area contributed by atoms with Gasteiger partial charge in [-0.3, -0.25) is 9.59 Å². The first-order valence-corrected chi connectivity index (χ1v) is 7.96. The lowest BCUT2D eigenvalue weighted by molar-refractivity contribution is -0.125. The molecule has 1 saturated heterocycles. The van der Waals surface area contributed by atoms with E-state index in [-0.39, 0.29) is 5.91 Å². The molecule has 2 aromatic rings. The van der Waals surface area contributed by atoms with E-state index >= 15 is 0 Å². The number of primary amides is 1. The van der Waals surface area contributed by atoms with Crippen LogP contribution in [0.5, 0.6) is 0 Å². The van der Waals surface area contributed by atoms with Gasteiger partial charge in [0, 0.05) is 24.5 Å². The molecule has 5 nitrogen and oxygen atoms in total. The minimum Gasteiger partial charge on any atom is -0.381 e. The summed E-state index contributed by atoms with van der Waals surface area (Å²) in [5.74, 6) is -0.540. The van der Waals surface area contributed by atoms with Crippen molar-refractivity contribution in [2.24, 2.45) is 5.73 Å². The highest BCUT2D eigenvalue weighted by Gasteiger charge is 2.41. The minimum absolute atomic E-state index is 0.0520. The van der Waals surface area contributed by atoms with E-state index < -0.39 is 11.3 Å². The van der Waals surface area contributed by atoms with Crippen molar-refractivity contribution in [1.29, 1.82) is 0 Å². The molecule has 0 saturated carbocycles. The molecule has 124 valence electrons. The first-order chi connectivity index (χ1) is 11.6. The maximum Gasteiger partial charge on any atom is 0.248 e. The Balaban J connectivity index is 1.85. The average molecular weight is 324 g/mol. The summed E-state index contributed by atoms with van der Waals surface area (Å²) in [6, 6.07) is 16.4. The van der Waals surface area contributed by atoms with E-state index in [2.05, 4.69) is 5.32 Å². The van der Waals surface area contributed by atoms with Crippen LogP contribution in [0.15, 0.2) is 54.6 Å². The van der Waals surface area contributed by atoms with Gasteiger partial charge in [-0.15, -0.1) is 0 Å². The minimum atomic E-state index is -0.595. The number of amides is 2. The Bertz CT molecular complexity index is 720. The normalized spacial score (nSPS) is 16.3. The zero-order chi connectivity index (χ0) is 17.0. The number of anilines is 1. The van der Waals surface area contributed by atoms with E-state index in [4.69, 9.17) is 10.5 Å². The highest BCUT2D eigenvalue weighted by molar-refractivity contribution is 6.00. The zero-order valence-electron chi connectivity index (χ0n) is 13.3. The fraction of sp³-hybridized carbons (Fsp3) is 0.263. The van der Waals surface area contributed by atoms with Crippen molar-refractivity contribution >= 4 is 17.5 Å². The van der Waals surface area contributed by atoms with Gasteiger partial charge in [-0.2, -0.15) is 0 Å². The molecule has 1 heterocycles. The highest BCUT2D eigenvalue weighted by Crippen LogP contribution is 2.36. The van der Waals surface area contributed by atoms with Crippen LogP contribution in [0.4, 0.5) is 5.69 Å². The van der Waals surface area contributed by atoms with Crippen molar-refractivity contribution in [3.63, 3.8) is 0 Å². The lowest BCUT2D eigenvalue weighted by Crippen LogP contribution is -2.44. The largest absolute Gasteiger partial charge is 0.381 e. The standard InChI is InChI=1S/C19H20N2O3/c20-17(22)14-6-8-16(9-7-14)21-18(23)19(10-12-24-13-11-19)15-4-2-1-3-5-15/h1-9H,10-13H2,(H2,20,22)(H,21,23). The number of hydrogen-bond donors (Lipinski definition) is 2. The van der Waals surface area contributed by atoms with Crippen LogP contribution in [0.3, 0.4) is 0 Å². The van der Waals surface area contributed by atoms with Crippen LogP contribution in [0.1, 0.15) is 28.8 Å². The molecule has 0 atom stereocenters. The van der Waals surface area contributed by atoms with Gasteiger partial charge in [-0.1, -0.05) is 30.3 Å². The summed E-state index contributed by atoms with van der Waals surface area (Å²) in [5, 5.41) is 2.97. The fourth-order valence-electron chi connectivity index (χ4n) is 3.09. The fourth-order valence-corrected chi connectivity index (χ4v) is 3.09. The molecule has 0 radical (unpaired) electrons. The van der Waals surface area contributed by atoms with E-state index in [0.717, 1.165) is 5.56 Å². The molecule has 2 aromatic carbocycles. The monoisotopic (exact) mass is 324 g/mol. The third-order valence-electron chi connectivity index (χ3n) is 4.53. The van der Waals surface area contributed by atoms with Gasteiger partial charge < -0.3 is 15.8 Å². The Hall–Kier alpha value is -2.66. The maximum atomic E-state index is 13.1. The Morgan fingerprint density at radius 1 is 0.958 bits per heavy atom. The number of benzene rings is 2. The molecule has 1 aliphatic rings. The van der Waals surface area contributed by atoms with Crippen LogP contribution < -0.4 is 11.1 Å². The van der Waals surface area contributed by atoms with Crippen LogP contribution in [-0.2, 0) is 14.9 Å². The molecular formula is C19H20N2O3. The van der Waals surface area contributed by atoms with Crippen LogP contribution >= 0.6 is 0 Å². The smallest absolute Gasteiger partial charge is 0.248 e. The quantitative estimate of drug-likeness (QED) is 0.906. The lowest BCUT2D eigenvalue weighted by Gasteiger charge is -2.36. The molecule has 0 aromatic heterocycles. The van der Waals surface area contributed by atoms with Crippen molar-refractivity contribution in [2.75, 3.05) is 18.5 Å². The second-order valence-electron chi connectivity index (χ2n) is 5.96. The molecular weight excluding hydrogens is 304 g/mol. The van der Waals surface area contributed by atoms with Crippen molar-refractivity contribution in [3.05, 3.63) is 65.7 Å². The molecule has 0 bridgehead atoms. The van der Waals surface area contributed by atoms with Gasteiger partial charge in [0.1, 0.15) is 0 Å². The van der Waals surface area contributed by atoms with E-state index in [0.29, 0.717) is 37.3 Å². The molecule has 0 spiro atoms. The molecule has 0 aliphatic carbocycles. The van der Waals surface area contributed by atoms with Crippen molar-refractivity contribution in [1.82, 2.24) is 0 Å². The number of carbonyl (C=O) groups excluding carboxylic acids is 2. The third kappa shape index (κ3) is 3.16. The molecule has 1 aliphatic heterocycles. The lowest BCUT2D eigenvalue weighted by atomic mass is 9.73. The third-order valence-corrected chi connectivity index (χ3v) is 4.53.